The Labute approximate surface area is 97.1 Å². The number of benzene rings is 1. The SMILES string of the molecule is C/C(I)=C/S(=O)(=O)c1ccccc1N. The third-order valence-corrected chi connectivity index (χ3v) is 3.93. The van der Waals surface area contributed by atoms with Crippen LogP contribution in [0.2, 0.25) is 0 Å². The lowest BCUT2D eigenvalue weighted by Gasteiger charge is -2.02. The van der Waals surface area contributed by atoms with E-state index in [-0.39, 0.29) is 10.6 Å². The molecule has 0 unspecified atom stereocenters. The number of allylic oxidation sites excluding steroid dienone is 1. The number of nitrogen functional groups attached to an aromatic ring is 1. The first-order valence-electron chi connectivity index (χ1n) is 3.87. The van der Waals surface area contributed by atoms with Crippen LogP contribution in [0.3, 0.4) is 0 Å². The van der Waals surface area contributed by atoms with Gasteiger partial charge in [-0.25, -0.2) is 8.42 Å². The van der Waals surface area contributed by atoms with E-state index in [2.05, 4.69) is 0 Å². The minimum absolute atomic E-state index is 0.163. The predicted octanol–water partition coefficient (Wildman–Crippen LogP) is 2.34. The van der Waals surface area contributed by atoms with Gasteiger partial charge in [0.2, 0.25) is 9.84 Å². The molecule has 0 aliphatic heterocycles. The molecule has 0 aromatic heterocycles. The topological polar surface area (TPSA) is 60.2 Å². The summed E-state index contributed by atoms with van der Waals surface area (Å²) in [5.41, 5.74) is 5.85. The highest BCUT2D eigenvalue weighted by Gasteiger charge is 2.13. The van der Waals surface area contributed by atoms with Crippen molar-refractivity contribution in [1.82, 2.24) is 0 Å². The molecule has 0 spiro atoms. The zero-order valence-corrected chi connectivity index (χ0v) is 10.5. The van der Waals surface area contributed by atoms with Crippen LogP contribution in [0.5, 0.6) is 0 Å². The fourth-order valence-corrected chi connectivity index (χ4v) is 3.24. The zero-order valence-electron chi connectivity index (χ0n) is 7.57. The van der Waals surface area contributed by atoms with Crippen LogP contribution in [0.15, 0.2) is 38.1 Å². The Morgan fingerprint density at radius 2 is 2.00 bits per heavy atom. The zero-order chi connectivity index (χ0) is 10.8. The van der Waals surface area contributed by atoms with Crippen LogP contribution < -0.4 is 5.73 Å². The molecule has 2 N–H and O–H groups in total. The summed E-state index contributed by atoms with van der Waals surface area (Å²) >= 11 is 1.95. The van der Waals surface area contributed by atoms with Crippen molar-refractivity contribution >= 4 is 38.1 Å². The highest BCUT2D eigenvalue weighted by atomic mass is 127. The molecule has 0 saturated heterocycles. The number of anilines is 1. The molecular weight excluding hydrogens is 313 g/mol. The number of para-hydroxylation sites is 1. The summed E-state index contributed by atoms with van der Waals surface area (Å²) in [5.74, 6) is 0. The van der Waals surface area contributed by atoms with Gasteiger partial charge in [-0.1, -0.05) is 12.1 Å². The second-order valence-electron chi connectivity index (χ2n) is 2.79. The Bertz CT molecular complexity index is 461. The van der Waals surface area contributed by atoms with Gasteiger partial charge >= 0.3 is 0 Å². The van der Waals surface area contributed by atoms with Crippen LogP contribution in [0.25, 0.3) is 0 Å². The summed E-state index contributed by atoms with van der Waals surface area (Å²) in [7, 11) is -3.38. The van der Waals surface area contributed by atoms with Crippen molar-refractivity contribution < 1.29 is 8.42 Å². The monoisotopic (exact) mass is 323 g/mol. The molecule has 0 fully saturated rings. The van der Waals surface area contributed by atoms with Crippen molar-refractivity contribution in [2.45, 2.75) is 11.8 Å². The molecule has 5 heteroatoms. The molecular formula is C9H10INO2S. The molecule has 14 heavy (non-hydrogen) atoms. The van der Waals surface area contributed by atoms with Crippen molar-refractivity contribution in [3.05, 3.63) is 33.3 Å². The Morgan fingerprint density at radius 1 is 1.43 bits per heavy atom. The van der Waals surface area contributed by atoms with Gasteiger partial charge in [0.15, 0.2) is 0 Å². The van der Waals surface area contributed by atoms with E-state index in [0.717, 1.165) is 0 Å². The molecule has 0 heterocycles. The molecule has 0 radical (unpaired) electrons. The second-order valence-corrected chi connectivity index (χ2v) is 6.25. The number of rotatable bonds is 2. The minimum Gasteiger partial charge on any atom is -0.398 e. The molecule has 1 rings (SSSR count). The Hall–Kier alpha value is -0.560. The van der Waals surface area contributed by atoms with Crippen LogP contribution in [0, 0.1) is 0 Å². The van der Waals surface area contributed by atoms with Gasteiger partial charge in [0, 0.05) is 5.41 Å². The van der Waals surface area contributed by atoms with Crippen molar-refractivity contribution in [2.24, 2.45) is 0 Å². The quantitative estimate of drug-likeness (QED) is 0.671. The molecule has 76 valence electrons. The lowest BCUT2D eigenvalue weighted by atomic mass is 10.3. The number of sulfone groups is 1. The molecule has 3 nitrogen and oxygen atoms in total. The number of nitrogens with two attached hydrogens (primary N) is 1. The molecule has 0 aliphatic rings. The Balaban J connectivity index is 3.32. The van der Waals surface area contributed by atoms with E-state index < -0.39 is 9.84 Å². The summed E-state index contributed by atoms with van der Waals surface area (Å²) in [6.07, 6.45) is 0. The van der Waals surface area contributed by atoms with Crippen LogP contribution in [-0.2, 0) is 9.84 Å². The van der Waals surface area contributed by atoms with Gasteiger partial charge in [-0.15, -0.1) is 0 Å². The van der Waals surface area contributed by atoms with Crippen LogP contribution in [0.4, 0.5) is 5.69 Å². The maximum atomic E-state index is 11.7. The van der Waals surface area contributed by atoms with Crippen LogP contribution in [0.1, 0.15) is 6.92 Å². The molecule has 1 aromatic rings. The fraction of sp³-hybridized carbons (Fsp3) is 0.111. The number of hydrogen-bond donors (Lipinski definition) is 1. The summed E-state index contributed by atoms with van der Waals surface area (Å²) in [6.45, 7) is 1.72. The van der Waals surface area contributed by atoms with Gasteiger partial charge < -0.3 is 5.73 Å². The van der Waals surface area contributed by atoms with E-state index in [1.165, 1.54) is 11.5 Å². The average molecular weight is 323 g/mol. The van der Waals surface area contributed by atoms with Gasteiger partial charge in [-0.2, -0.15) is 0 Å². The normalized spacial score (nSPS) is 12.9. The van der Waals surface area contributed by atoms with Crippen molar-refractivity contribution in [1.29, 1.82) is 0 Å². The van der Waals surface area contributed by atoms with Gasteiger partial charge in [0.25, 0.3) is 0 Å². The van der Waals surface area contributed by atoms with Gasteiger partial charge in [0.05, 0.1) is 10.6 Å². The summed E-state index contributed by atoms with van der Waals surface area (Å²) in [6, 6.07) is 6.43. The largest absolute Gasteiger partial charge is 0.398 e. The highest BCUT2D eigenvalue weighted by molar-refractivity contribution is 14.1. The first kappa shape index (κ1) is 11.5. The smallest absolute Gasteiger partial charge is 0.202 e. The van der Waals surface area contributed by atoms with E-state index in [9.17, 15) is 8.42 Å². The van der Waals surface area contributed by atoms with Crippen molar-refractivity contribution in [3.8, 4) is 0 Å². The Morgan fingerprint density at radius 3 is 2.50 bits per heavy atom. The number of hydrogen-bond acceptors (Lipinski definition) is 3. The van der Waals surface area contributed by atoms with Gasteiger partial charge in [-0.05, 0) is 45.2 Å². The average Bonchev–Trinajstić information content (AvgIpc) is 2.02. The first-order valence-corrected chi connectivity index (χ1v) is 6.49. The fourth-order valence-electron chi connectivity index (χ4n) is 1.02. The molecule has 1 aromatic carbocycles. The van der Waals surface area contributed by atoms with Crippen LogP contribution >= 0.6 is 22.6 Å². The molecule has 0 saturated carbocycles. The molecule has 0 atom stereocenters. The van der Waals surface area contributed by atoms with E-state index in [0.29, 0.717) is 3.58 Å². The third-order valence-electron chi connectivity index (χ3n) is 1.54. The standard InChI is InChI=1S/C9H10INO2S/c1-7(10)6-14(12,13)9-5-3-2-4-8(9)11/h2-6H,11H2,1H3/b7-6-. The van der Waals surface area contributed by atoms with E-state index in [1.807, 2.05) is 22.6 Å². The lowest BCUT2D eigenvalue weighted by molar-refractivity contribution is 0.605. The minimum atomic E-state index is -3.38. The highest BCUT2D eigenvalue weighted by Crippen LogP contribution is 2.21. The van der Waals surface area contributed by atoms with Crippen LogP contribution in [-0.4, -0.2) is 8.42 Å². The van der Waals surface area contributed by atoms with E-state index >= 15 is 0 Å². The lowest BCUT2D eigenvalue weighted by Crippen LogP contribution is -2.01. The molecule has 0 aliphatic carbocycles. The van der Waals surface area contributed by atoms with E-state index in [4.69, 9.17) is 5.73 Å². The number of halogens is 1. The predicted molar refractivity (Wildman–Crippen MR) is 65.8 cm³/mol. The van der Waals surface area contributed by atoms with Gasteiger partial charge in [0.1, 0.15) is 0 Å². The van der Waals surface area contributed by atoms with Gasteiger partial charge in [-0.3, -0.25) is 0 Å². The van der Waals surface area contributed by atoms with E-state index in [1.54, 1.807) is 25.1 Å². The maximum absolute atomic E-state index is 11.7. The summed E-state index contributed by atoms with van der Waals surface area (Å²) in [4.78, 5) is 0.163. The summed E-state index contributed by atoms with van der Waals surface area (Å²) in [5, 5.41) is 1.21. The Kier molecular flexibility index (Phi) is 3.54. The second kappa shape index (κ2) is 4.31. The molecule has 0 bridgehead atoms. The summed E-state index contributed by atoms with van der Waals surface area (Å²) < 4.78 is 24.1. The maximum Gasteiger partial charge on any atom is 0.202 e. The van der Waals surface area contributed by atoms with Crippen molar-refractivity contribution in [2.75, 3.05) is 5.73 Å². The molecule has 0 amide bonds. The first-order chi connectivity index (χ1) is 6.43. The third kappa shape index (κ3) is 2.71. The van der Waals surface area contributed by atoms with Crippen molar-refractivity contribution in [3.63, 3.8) is 0 Å².